The minimum atomic E-state index is 0.0176. The molecule has 1 nitrogen and oxygen atoms in total. The van der Waals surface area contributed by atoms with Crippen molar-refractivity contribution in [1.82, 2.24) is 0 Å². The molecule has 2 fully saturated rings. The Morgan fingerprint density at radius 2 is 1.83 bits per heavy atom. The van der Waals surface area contributed by atoms with E-state index < -0.39 is 0 Å². The van der Waals surface area contributed by atoms with Gasteiger partial charge in [-0.1, -0.05) is 26.2 Å². The lowest BCUT2D eigenvalue weighted by atomic mass is 9.59. The standard InChI is InChI=1S/C11H20O/c1-11-7-3-2-5-9(11)10(12)6-4-8-11/h9-10,12H,2-8H2,1H3. The minimum absolute atomic E-state index is 0.0176. The predicted octanol–water partition coefficient (Wildman–Crippen LogP) is 2.73. The zero-order chi connectivity index (χ0) is 8.60. The summed E-state index contributed by atoms with van der Waals surface area (Å²) in [6.07, 6.45) is 9.04. The van der Waals surface area contributed by atoms with E-state index in [4.69, 9.17) is 0 Å². The molecule has 12 heavy (non-hydrogen) atoms. The first-order valence-corrected chi connectivity index (χ1v) is 5.40. The van der Waals surface area contributed by atoms with Gasteiger partial charge in [0, 0.05) is 0 Å². The molecule has 2 aliphatic carbocycles. The summed E-state index contributed by atoms with van der Waals surface area (Å²) in [6, 6.07) is 0. The molecule has 2 saturated carbocycles. The molecular weight excluding hydrogens is 148 g/mol. The maximum atomic E-state index is 9.87. The molecule has 0 aromatic heterocycles. The summed E-state index contributed by atoms with van der Waals surface area (Å²) in [5, 5.41) is 9.87. The van der Waals surface area contributed by atoms with Gasteiger partial charge < -0.3 is 5.11 Å². The quantitative estimate of drug-likeness (QED) is 0.589. The summed E-state index contributed by atoms with van der Waals surface area (Å²) < 4.78 is 0. The Morgan fingerprint density at radius 1 is 1.08 bits per heavy atom. The zero-order valence-electron chi connectivity index (χ0n) is 8.05. The molecule has 0 heterocycles. The Balaban J connectivity index is 2.12. The third-order valence-electron chi connectivity index (χ3n) is 4.12. The van der Waals surface area contributed by atoms with Crippen molar-refractivity contribution in [3.8, 4) is 0 Å². The molecule has 0 radical (unpaired) electrons. The Kier molecular flexibility index (Phi) is 2.16. The van der Waals surface area contributed by atoms with E-state index in [1.165, 1.54) is 38.5 Å². The molecule has 0 aliphatic heterocycles. The van der Waals surface area contributed by atoms with Gasteiger partial charge in [-0.05, 0) is 37.0 Å². The van der Waals surface area contributed by atoms with Crippen LogP contribution in [-0.4, -0.2) is 11.2 Å². The molecule has 2 rings (SSSR count). The smallest absolute Gasteiger partial charge is 0.0573 e. The zero-order valence-corrected chi connectivity index (χ0v) is 8.05. The van der Waals surface area contributed by atoms with Crippen LogP contribution in [0.15, 0.2) is 0 Å². The van der Waals surface area contributed by atoms with Gasteiger partial charge in [-0.15, -0.1) is 0 Å². The van der Waals surface area contributed by atoms with Crippen molar-refractivity contribution in [3.63, 3.8) is 0 Å². The van der Waals surface area contributed by atoms with Gasteiger partial charge in [-0.2, -0.15) is 0 Å². The Labute approximate surface area is 75.2 Å². The largest absolute Gasteiger partial charge is 0.393 e. The number of hydrogen-bond donors (Lipinski definition) is 1. The van der Waals surface area contributed by atoms with Crippen molar-refractivity contribution < 1.29 is 5.11 Å². The van der Waals surface area contributed by atoms with Crippen LogP contribution in [0.2, 0.25) is 0 Å². The van der Waals surface area contributed by atoms with Crippen LogP contribution >= 0.6 is 0 Å². The van der Waals surface area contributed by atoms with Gasteiger partial charge in [0.25, 0.3) is 0 Å². The van der Waals surface area contributed by atoms with Crippen molar-refractivity contribution in [2.24, 2.45) is 11.3 Å². The first-order valence-electron chi connectivity index (χ1n) is 5.40. The normalized spacial score (nSPS) is 48.5. The van der Waals surface area contributed by atoms with Crippen LogP contribution in [0.4, 0.5) is 0 Å². The molecule has 0 aromatic carbocycles. The Bertz CT molecular complexity index is 162. The average Bonchev–Trinajstić information content (AvgIpc) is 2.04. The maximum Gasteiger partial charge on any atom is 0.0573 e. The summed E-state index contributed by atoms with van der Waals surface area (Å²) in [6.45, 7) is 2.39. The summed E-state index contributed by atoms with van der Waals surface area (Å²) in [5.41, 5.74) is 0.496. The average molecular weight is 168 g/mol. The maximum absolute atomic E-state index is 9.87. The van der Waals surface area contributed by atoms with Crippen molar-refractivity contribution in [1.29, 1.82) is 0 Å². The van der Waals surface area contributed by atoms with Crippen LogP contribution in [0.5, 0.6) is 0 Å². The van der Waals surface area contributed by atoms with Gasteiger partial charge in [0.15, 0.2) is 0 Å². The lowest BCUT2D eigenvalue weighted by Crippen LogP contribution is -2.42. The molecular formula is C11H20O. The van der Waals surface area contributed by atoms with Crippen molar-refractivity contribution in [2.75, 3.05) is 0 Å². The van der Waals surface area contributed by atoms with Gasteiger partial charge in [-0.3, -0.25) is 0 Å². The van der Waals surface area contributed by atoms with Gasteiger partial charge in [0.05, 0.1) is 6.10 Å². The number of aliphatic hydroxyl groups excluding tert-OH is 1. The molecule has 1 N–H and O–H groups in total. The molecule has 2 aliphatic rings. The fourth-order valence-corrected chi connectivity index (χ4v) is 3.31. The Hall–Kier alpha value is -0.0400. The molecule has 0 spiro atoms. The Morgan fingerprint density at radius 3 is 2.58 bits per heavy atom. The summed E-state index contributed by atoms with van der Waals surface area (Å²) in [4.78, 5) is 0. The van der Waals surface area contributed by atoms with E-state index in [1.54, 1.807) is 0 Å². The highest BCUT2D eigenvalue weighted by molar-refractivity contribution is 4.93. The van der Waals surface area contributed by atoms with Crippen LogP contribution in [0.1, 0.15) is 51.9 Å². The van der Waals surface area contributed by atoms with Crippen molar-refractivity contribution >= 4 is 0 Å². The van der Waals surface area contributed by atoms with E-state index in [0.29, 0.717) is 11.3 Å². The molecule has 70 valence electrons. The highest BCUT2D eigenvalue weighted by atomic mass is 16.3. The lowest BCUT2D eigenvalue weighted by molar-refractivity contribution is -0.0436. The third-order valence-corrected chi connectivity index (χ3v) is 4.12. The first kappa shape index (κ1) is 8.55. The highest BCUT2D eigenvalue weighted by Crippen LogP contribution is 2.49. The van der Waals surface area contributed by atoms with Crippen LogP contribution in [-0.2, 0) is 0 Å². The third kappa shape index (κ3) is 1.28. The van der Waals surface area contributed by atoms with Gasteiger partial charge in [0.2, 0.25) is 0 Å². The fourth-order valence-electron chi connectivity index (χ4n) is 3.31. The van der Waals surface area contributed by atoms with Gasteiger partial charge >= 0.3 is 0 Å². The van der Waals surface area contributed by atoms with Crippen LogP contribution in [0, 0.1) is 11.3 Å². The fraction of sp³-hybridized carbons (Fsp3) is 1.00. The summed E-state index contributed by atoms with van der Waals surface area (Å²) >= 11 is 0. The SMILES string of the molecule is CC12CCCCC1C(O)CCC2. The lowest BCUT2D eigenvalue weighted by Gasteiger charge is -2.47. The number of hydrogen-bond acceptors (Lipinski definition) is 1. The summed E-state index contributed by atoms with van der Waals surface area (Å²) in [5.74, 6) is 0.625. The second-order valence-corrected chi connectivity index (χ2v) is 4.97. The minimum Gasteiger partial charge on any atom is -0.393 e. The molecule has 3 atom stereocenters. The molecule has 0 amide bonds. The van der Waals surface area contributed by atoms with Crippen LogP contribution in [0.3, 0.4) is 0 Å². The molecule has 1 heteroatoms. The highest BCUT2D eigenvalue weighted by Gasteiger charge is 2.42. The second-order valence-electron chi connectivity index (χ2n) is 4.97. The summed E-state index contributed by atoms with van der Waals surface area (Å²) in [7, 11) is 0. The van der Waals surface area contributed by atoms with Crippen LogP contribution in [0.25, 0.3) is 0 Å². The predicted molar refractivity (Wildman–Crippen MR) is 49.9 cm³/mol. The van der Waals surface area contributed by atoms with E-state index in [0.717, 1.165) is 6.42 Å². The van der Waals surface area contributed by atoms with E-state index in [-0.39, 0.29) is 6.10 Å². The number of aliphatic hydroxyl groups is 1. The monoisotopic (exact) mass is 168 g/mol. The van der Waals surface area contributed by atoms with E-state index in [9.17, 15) is 5.11 Å². The molecule has 0 aromatic rings. The number of rotatable bonds is 0. The topological polar surface area (TPSA) is 20.2 Å². The number of fused-ring (bicyclic) bond motifs is 1. The van der Waals surface area contributed by atoms with E-state index >= 15 is 0 Å². The molecule has 0 saturated heterocycles. The first-order chi connectivity index (χ1) is 5.72. The van der Waals surface area contributed by atoms with E-state index in [2.05, 4.69) is 6.92 Å². The second kappa shape index (κ2) is 3.02. The van der Waals surface area contributed by atoms with Crippen LogP contribution < -0.4 is 0 Å². The van der Waals surface area contributed by atoms with E-state index in [1.807, 2.05) is 0 Å². The van der Waals surface area contributed by atoms with Crippen molar-refractivity contribution in [2.45, 2.75) is 58.0 Å². The van der Waals surface area contributed by atoms with Gasteiger partial charge in [-0.25, -0.2) is 0 Å². The van der Waals surface area contributed by atoms with Crippen molar-refractivity contribution in [3.05, 3.63) is 0 Å². The van der Waals surface area contributed by atoms with Gasteiger partial charge in [0.1, 0.15) is 0 Å². The molecule has 3 unspecified atom stereocenters. The molecule has 0 bridgehead atoms.